The van der Waals surface area contributed by atoms with Gasteiger partial charge in [-0.2, -0.15) is 0 Å². The predicted octanol–water partition coefficient (Wildman–Crippen LogP) is 2.39. The van der Waals surface area contributed by atoms with Crippen molar-refractivity contribution >= 4 is 5.82 Å². The fourth-order valence-corrected chi connectivity index (χ4v) is 1.69. The fourth-order valence-electron chi connectivity index (χ4n) is 1.69. The van der Waals surface area contributed by atoms with Gasteiger partial charge in [0.2, 0.25) is 0 Å². The Bertz CT molecular complexity index is 329. The second-order valence-electron chi connectivity index (χ2n) is 5.45. The van der Waals surface area contributed by atoms with E-state index in [1.807, 2.05) is 6.33 Å². The summed E-state index contributed by atoms with van der Waals surface area (Å²) in [6, 6.07) is 0.635. The van der Waals surface area contributed by atoms with Gasteiger partial charge in [0.1, 0.15) is 5.82 Å². The van der Waals surface area contributed by atoms with Crippen LogP contribution in [0.2, 0.25) is 0 Å². The Balaban J connectivity index is 2.18. The standard InChI is InChI=1S/C11H19N3/c1-11(2,3)6-9-10(12)14(7-13-9)8-4-5-8/h7-8H,4-6,12H2,1-3H3. The number of nitrogens with zero attached hydrogens (tertiary/aromatic N) is 2. The summed E-state index contributed by atoms with van der Waals surface area (Å²) in [5.41, 5.74) is 7.37. The Morgan fingerprint density at radius 2 is 2.14 bits per heavy atom. The van der Waals surface area contributed by atoms with Gasteiger partial charge in [-0.15, -0.1) is 0 Å². The van der Waals surface area contributed by atoms with Gasteiger partial charge in [-0.3, -0.25) is 0 Å². The van der Waals surface area contributed by atoms with Crippen LogP contribution in [0, 0.1) is 5.41 Å². The number of nitrogen functional groups attached to an aromatic ring is 1. The normalized spacial score (nSPS) is 17.4. The quantitative estimate of drug-likeness (QED) is 0.783. The third kappa shape index (κ3) is 1.91. The molecule has 1 aromatic rings. The molecule has 3 nitrogen and oxygen atoms in total. The van der Waals surface area contributed by atoms with Crippen LogP contribution in [0.3, 0.4) is 0 Å². The van der Waals surface area contributed by atoms with Gasteiger partial charge in [-0.05, 0) is 24.7 Å². The van der Waals surface area contributed by atoms with E-state index in [-0.39, 0.29) is 5.41 Å². The second kappa shape index (κ2) is 3.01. The molecule has 0 spiro atoms. The Hall–Kier alpha value is -0.990. The summed E-state index contributed by atoms with van der Waals surface area (Å²) in [6.45, 7) is 6.63. The van der Waals surface area contributed by atoms with Crippen LogP contribution in [0.1, 0.15) is 45.3 Å². The van der Waals surface area contributed by atoms with E-state index in [0.29, 0.717) is 6.04 Å². The van der Waals surface area contributed by atoms with Crippen molar-refractivity contribution in [2.75, 3.05) is 5.73 Å². The van der Waals surface area contributed by atoms with Crippen molar-refractivity contribution in [1.29, 1.82) is 0 Å². The average molecular weight is 193 g/mol. The minimum absolute atomic E-state index is 0.261. The smallest absolute Gasteiger partial charge is 0.126 e. The van der Waals surface area contributed by atoms with Crippen molar-refractivity contribution in [3.63, 3.8) is 0 Å². The molecule has 1 saturated carbocycles. The summed E-state index contributed by atoms with van der Waals surface area (Å²) in [6.07, 6.45) is 5.37. The maximum Gasteiger partial charge on any atom is 0.126 e. The molecule has 1 aliphatic carbocycles. The zero-order valence-electron chi connectivity index (χ0n) is 9.25. The molecule has 0 atom stereocenters. The van der Waals surface area contributed by atoms with Crippen LogP contribution in [0.15, 0.2) is 6.33 Å². The molecule has 0 amide bonds. The fraction of sp³-hybridized carbons (Fsp3) is 0.727. The topological polar surface area (TPSA) is 43.8 Å². The molecular weight excluding hydrogens is 174 g/mol. The summed E-state index contributed by atoms with van der Waals surface area (Å²) >= 11 is 0. The Morgan fingerprint density at radius 3 is 2.64 bits per heavy atom. The highest BCUT2D eigenvalue weighted by atomic mass is 15.2. The molecule has 0 radical (unpaired) electrons. The number of hydrogen-bond donors (Lipinski definition) is 1. The zero-order chi connectivity index (χ0) is 10.3. The van der Waals surface area contributed by atoms with Gasteiger partial charge in [0.25, 0.3) is 0 Å². The molecule has 0 unspecified atom stereocenters. The van der Waals surface area contributed by atoms with Gasteiger partial charge in [0.05, 0.1) is 12.0 Å². The van der Waals surface area contributed by atoms with Gasteiger partial charge in [0.15, 0.2) is 0 Å². The number of imidazole rings is 1. The van der Waals surface area contributed by atoms with E-state index in [9.17, 15) is 0 Å². The summed E-state index contributed by atoms with van der Waals surface area (Å²) in [4.78, 5) is 4.40. The van der Waals surface area contributed by atoms with Crippen LogP contribution >= 0.6 is 0 Å². The van der Waals surface area contributed by atoms with E-state index in [1.165, 1.54) is 12.8 Å². The molecule has 14 heavy (non-hydrogen) atoms. The second-order valence-corrected chi connectivity index (χ2v) is 5.45. The first kappa shape index (κ1) is 9.56. The third-order valence-corrected chi connectivity index (χ3v) is 2.55. The van der Waals surface area contributed by atoms with Crippen molar-refractivity contribution in [3.05, 3.63) is 12.0 Å². The SMILES string of the molecule is CC(C)(C)Cc1ncn(C2CC2)c1N. The summed E-state index contributed by atoms with van der Waals surface area (Å²) in [5.74, 6) is 0.877. The molecule has 0 aromatic carbocycles. The van der Waals surface area contributed by atoms with Crippen LogP contribution in [-0.2, 0) is 6.42 Å². The Morgan fingerprint density at radius 1 is 1.50 bits per heavy atom. The monoisotopic (exact) mass is 193 g/mol. The van der Waals surface area contributed by atoms with E-state index < -0.39 is 0 Å². The predicted molar refractivity (Wildman–Crippen MR) is 58.1 cm³/mol. The van der Waals surface area contributed by atoms with Crippen molar-refractivity contribution in [1.82, 2.24) is 9.55 Å². The first-order chi connectivity index (χ1) is 6.47. The van der Waals surface area contributed by atoms with E-state index in [0.717, 1.165) is 17.9 Å². The molecule has 0 bridgehead atoms. The summed E-state index contributed by atoms with van der Waals surface area (Å²) in [5, 5.41) is 0. The number of aromatic nitrogens is 2. The van der Waals surface area contributed by atoms with E-state index in [2.05, 4.69) is 30.3 Å². The zero-order valence-corrected chi connectivity index (χ0v) is 9.25. The molecular formula is C11H19N3. The van der Waals surface area contributed by atoms with Crippen molar-refractivity contribution < 1.29 is 0 Å². The van der Waals surface area contributed by atoms with Crippen molar-refractivity contribution in [2.45, 2.75) is 46.1 Å². The summed E-state index contributed by atoms with van der Waals surface area (Å²) in [7, 11) is 0. The Labute approximate surface area is 85.3 Å². The number of anilines is 1. The molecule has 0 saturated heterocycles. The number of rotatable bonds is 2. The minimum Gasteiger partial charge on any atom is -0.384 e. The molecule has 1 aliphatic rings. The lowest BCUT2D eigenvalue weighted by Gasteiger charge is -2.16. The van der Waals surface area contributed by atoms with Gasteiger partial charge in [-0.25, -0.2) is 4.98 Å². The molecule has 2 N–H and O–H groups in total. The van der Waals surface area contributed by atoms with E-state index in [4.69, 9.17) is 5.73 Å². The van der Waals surface area contributed by atoms with E-state index in [1.54, 1.807) is 0 Å². The highest BCUT2D eigenvalue weighted by Gasteiger charge is 2.27. The highest BCUT2D eigenvalue weighted by Crippen LogP contribution is 2.37. The lowest BCUT2D eigenvalue weighted by Crippen LogP contribution is -2.11. The minimum atomic E-state index is 0.261. The first-order valence-electron chi connectivity index (χ1n) is 5.28. The van der Waals surface area contributed by atoms with Gasteiger partial charge < -0.3 is 10.3 Å². The average Bonchev–Trinajstić information content (AvgIpc) is 2.79. The van der Waals surface area contributed by atoms with Gasteiger partial charge in [-0.1, -0.05) is 20.8 Å². The van der Waals surface area contributed by atoms with Crippen molar-refractivity contribution in [3.8, 4) is 0 Å². The molecule has 1 heterocycles. The van der Waals surface area contributed by atoms with E-state index >= 15 is 0 Å². The largest absolute Gasteiger partial charge is 0.384 e. The lowest BCUT2D eigenvalue weighted by molar-refractivity contribution is 0.407. The van der Waals surface area contributed by atoms with Crippen LogP contribution in [0.25, 0.3) is 0 Å². The number of nitrogens with two attached hydrogens (primary N) is 1. The maximum absolute atomic E-state index is 6.05. The van der Waals surface area contributed by atoms with Gasteiger partial charge >= 0.3 is 0 Å². The molecule has 3 heteroatoms. The van der Waals surface area contributed by atoms with Crippen molar-refractivity contribution in [2.24, 2.45) is 5.41 Å². The first-order valence-corrected chi connectivity index (χ1v) is 5.28. The highest BCUT2D eigenvalue weighted by molar-refractivity contribution is 5.37. The molecule has 2 rings (SSSR count). The van der Waals surface area contributed by atoms with Crippen LogP contribution in [-0.4, -0.2) is 9.55 Å². The van der Waals surface area contributed by atoms with Crippen LogP contribution in [0.5, 0.6) is 0 Å². The molecule has 0 aliphatic heterocycles. The molecule has 78 valence electrons. The lowest BCUT2D eigenvalue weighted by atomic mass is 9.90. The maximum atomic E-state index is 6.05. The molecule has 1 aromatic heterocycles. The summed E-state index contributed by atoms with van der Waals surface area (Å²) < 4.78 is 2.13. The third-order valence-electron chi connectivity index (χ3n) is 2.55. The van der Waals surface area contributed by atoms with Gasteiger partial charge in [0, 0.05) is 6.04 Å². The van der Waals surface area contributed by atoms with Crippen LogP contribution in [0.4, 0.5) is 5.82 Å². The Kier molecular flexibility index (Phi) is 2.05. The van der Waals surface area contributed by atoms with Crippen LogP contribution < -0.4 is 5.73 Å². The molecule has 1 fully saturated rings. The number of hydrogen-bond acceptors (Lipinski definition) is 2.